The molecule has 0 heterocycles. The number of nitrogens with zero attached hydrogens (tertiary/aromatic N) is 1. The molecule has 0 aliphatic carbocycles. The number of quaternary nitrogens is 1. The highest BCUT2D eigenvalue weighted by atomic mass is 16.3. The Hall–Kier alpha value is -0.900. The van der Waals surface area contributed by atoms with Gasteiger partial charge in [-0.05, 0) is 0 Å². The van der Waals surface area contributed by atoms with Crippen LogP contribution in [-0.4, -0.2) is 48.0 Å². The summed E-state index contributed by atoms with van der Waals surface area (Å²) < 4.78 is 0.672. The number of aliphatic hydroxyl groups excluding tert-OH is 2. The van der Waals surface area contributed by atoms with Crippen molar-refractivity contribution in [1.82, 2.24) is 0 Å². The largest absolute Gasteiger partial charge is 0.393 e. The molecular formula is C12H20NO2+. The van der Waals surface area contributed by atoms with Crippen LogP contribution in [0.3, 0.4) is 0 Å². The van der Waals surface area contributed by atoms with Gasteiger partial charge in [-0.1, -0.05) is 30.3 Å². The van der Waals surface area contributed by atoms with E-state index < -0.39 is 6.10 Å². The molecular weight excluding hydrogens is 190 g/mol. The van der Waals surface area contributed by atoms with Crippen molar-refractivity contribution >= 4 is 0 Å². The number of aliphatic hydroxyl groups is 2. The van der Waals surface area contributed by atoms with Crippen LogP contribution < -0.4 is 0 Å². The van der Waals surface area contributed by atoms with Gasteiger partial charge in [-0.3, -0.25) is 0 Å². The predicted octanol–water partition coefficient (Wildman–Crippen LogP) is 0.616. The first-order chi connectivity index (χ1) is 7.03. The summed E-state index contributed by atoms with van der Waals surface area (Å²) in [6.07, 6.45) is -0.635. The minimum Gasteiger partial charge on any atom is -0.393 e. The van der Waals surface area contributed by atoms with Gasteiger partial charge in [-0.25, -0.2) is 0 Å². The van der Waals surface area contributed by atoms with Crippen molar-refractivity contribution in [3.8, 4) is 0 Å². The van der Waals surface area contributed by atoms with E-state index in [4.69, 9.17) is 5.11 Å². The third-order valence-electron chi connectivity index (χ3n) is 2.37. The third-order valence-corrected chi connectivity index (χ3v) is 2.37. The molecule has 1 aromatic rings. The summed E-state index contributed by atoms with van der Waals surface area (Å²) in [5, 5.41) is 18.2. The lowest BCUT2D eigenvalue weighted by Gasteiger charge is -2.31. The van der Waals surface area contributed by atoms with Crippen LogP contribution in [0.15, 0.2) is 30.3 Å². The molecule has 0 radical (unpaired) electrons. The summed E-state index contributed by atoms with van der Waals surface area (Å²) in [4.78, 5) is 0. The maximum atomic E-state index is 9.41. The molecule has 0 amide bonds. The van der Waals surface area contributed by atoms with Gasteiger partial charge in [0.1, 0.15) is 19.2 Å². The van der Waals surface area contributed by atoms with E-state index in [2.05, 4.69) is 12.1 Å². The lowest BCUT2D eigenvalue weighted by molar-refractivity contribution is -0.906. The van der Waals surface area contributed by atoms with Crippen LogP contribution in [0.2, 0.25) is 0 Å². The Bertz CT molecular complexity index is 285. The molecule has 1 aromatic carbocycles. The summed E-state index contributed by atoms with van der Waals surface area (Å²) >= 11 is 0. The van der Waals surface area contributed by atoms with Crippen molar-refractivity contribution in [2.75, 3.05) is 27.2 Å². The molecule has 0 spiro atoms. The van der Waals surface area contributed by atoms with E-state index in [1.165, 1.54) is 5.56 Å². The maximum absolute atomic E-state index is 9.41. The summed E-state index contributed by atoms with van der Waals surface area (Å²) in [5.41, 5.74) is 1.24. The van der Waals surface area contributed by atoms with E-state index in [-0.39, 0.29) is 6.61 Å². The van der Waals surface area contributed by atoms with Crippen LogP contribution in [0.25, 0.3) is 0 Å². The van der Waals surface area contributed by atoms with Crippen molar-refractivity contribution in [1.29, 1.82) is 0 Å². The molecule has 0 fully saturated rings. The number of hydrogen-bond acceptors (Lipinski definition) is 2. The Kier molecular flexibility index (Phi) is 4.27. The molecule has 3 nitrogen and oxygen atoms in total. The monoisotopic (exact) mass is 210 g/mol. The van der Waals surface area contributed by atoms with E-state index in [9.17, 15) is 5.11 Å². The molecule has 0 saturated heterocycles. The summed E-state index contributed by atoms with van der Waals surface area (Å²) in [6.45, 7) is 1.25. The van der Waals surface area contributed by atoms with Gasteiger partial charge < -0.3 is 14.7 Å². The van der Waals surface area contributed by atoms with E-state index >= 15 is 0 Å². The zero-order chi connectivity index (χ0) is 11.3. The van der Waals surface area contributed by atoms with Gasteiger partial charge >= 0.3 is 0 Å². The minimum atomic E-state index is -0.635. The van der Waals surface area contributed by atoms with Crippen LogP contribution in [0, 0.1) is 0 Å². The number of likely N-dealkylation sites (N-methyl/N-ethyl adjacent to an activating group) is 1. The Morgan fingerprint density at radius 3 is 2.33 bits per heavy atom. The predicted molar refractivity (Wildman–Crippen MR) is 60.2 cm³/mol. The van der Waals surface area contributed by atoms with Crippen molar-refractivity contribution in [2.24, 2.45) is 0 Å². The molecule has 1 rings (SSSR count). The first-order valence-electron chi connectivity index (χ1n) is 5.18. The Morgan fingerprint density at radius 2 is 1.80 bits per heavy atom. The normalized spacial score (nSPS) is 13.9. The van der Waals surface area contributed by atoms with Crippen molar-refractivity contribution in [3.63, 3.8) is 0 Å². The van der Waals surface area contributed by atoms with Crippen molar-refractivity contribution < 1.29 is 14.7 Å². The van der Waals surface area contributed by atoms with Crippen molar-refractivity contribution in [2.45, 2.75) is 12.6 Å². The first kappa shape index (κ1) is 12.2. The minimum absolute atomic E-state index is 0.170. The van der Waals surface area contributed by atoms with Crippen LogP contribution >= 0.6 is 0 Å². The molecule has 1 unspecified atom stereocenters. The molecule has 2 N–H and O–H groups in total. The number of hydrogen-bond donors (Lipinski definition) is 2. The molecule has 0 aromatic heterocycles. The zero-order valence-corrected chi connectivity index (χ0v) is 9.43. The molecule has 1 atom stereocenters. The lowest BCUT2D eigenvalue weighted by atomic mass is 10.2. The second-order valence-corrected chi connectivity index (χ2v) is 4.60. The number of rotatable bonds is 5. The lowest BCUT2D eigenvalue weighted by Crippen LogP contribution is -2.45. The SMILES string of the molecule is C[N+](C)(Cc1ccccc1)CC(O)CO. The Balaban J connectivity index is 2.56. The van der Waals surface area contributed by atoms with Crippen LogP contribution in [-0.2, 0) is 6.54 Å². The molecule has 3 heteroatoms. The van der Waals surface area contributed by atoms with Crippen LogP contribution in [0.4, 0.5) is 0 Å². The highest BCUT2D eigenvalue weighted by molar-refractivity contribution is 5.13. The molecule has 0 saturated carbocycles. The second kappa shape index (κ2) is 5.26. The highest BCUT2D eigenvalue weighted by Crippen LogP contribution is 2.09. The summed E-state index contributed by atoms with van der Waals surface area (Å²) in [5.74, 6) is 0. The first-order valence-corrected chi connectivity index (χ1v) is 5.18. The van der Waals surface area contributed by atoms with E-state index in [1.807, 2.05) is 32.3 Å². The Labute approximate surface area is 91.2 Å². The van der Waals surface area contributed by atoms with Crippen LogP contribution in [0.5, 0.6) is 0 Å². The topological polar surface area (TPSA) is 40.5 Å². The standard InChI is InChI=1S/C12H20NO2/c1-13(2,9-12(15)10-14)8-11-6-4-3-5-7-11/h3-7,12,14-15H,8-10H2,1-2H3/q+1. The van der Waals surface area contributed by atoms with Gasteiger partial charge in [-0.15, -0.1) is 0 Å². The van der Waals surface area contributed by atoms with E-state index in [1.54, 1.807) is 0 Å². The quantitative estimate of drug-likeness (QED) is 0.699. The van der Waals surface area contributed by atoms with E-state index in [0.717, 1.165) is 6.54 Å². The number of benzene rings is 1. The van der Waals surface area contributed by atoms with Gasteiger partial charge in [0.15, 0.2) is 0 Å². The third kappa shape index (κ3) is 4.42. The maximum Gasteiger partial charge on any atom is 0.126 e. The Morgan fingerprint density at radius 1 is 1.20 bits per heavy atom. The molecule has 0 aliphatic rings. The fourth-order valence-corrected chi connectivity index (χ4v) is 1.77. The highest BCUT2D eigenvalue weighted by Gasteiger charge is 2.20. The van der Waals surface area contributed by atoms with Crippen molar-refractivity contribution in [3.05, 3.63) is 35.9 Å². The van der Waals surface area contributed by atoms with Crippen LogP contribution in [0.1, 0.15) is 5.56 Å². The van der Waals surface area contributed by atoms with Gasteiger partial charge in [0, 0.05) is 5.56 Å². The molecule has 84 valence electrons. The summed E-state index contributed by atoms with van der Waals surface area (Å²) in [6, 6.07) is 10.2. The molecule has 0 bridgehead atoms. The zero-order valence-electron chi connectivity index (χ0n) is 9.43. The molecule has 15 heavy (non-hydrogen) atoms. The van der Waals surface area contributed by atoms with Gasteiger partial charge in [0.2, 0.25) is 0 Å². The van der Waals surface area contributed by atoms with E-state index in [0.29, 0.717) is 11.0 Å². The fraction of sp³-hybridized carbons (Fsp3) is 0.500. The fourth-order valence-electron chi connectivity index (χ4n) is 1.77. The van der Waals surface area contributed by atoms with Gasteiger partial charge in [-0.2, -0.15) is 0 Å². The smallest absolute Gasteiger partial charge is 0.126 e. The van der Waals surface area contributed by atoms with Gasteiger partial charge in [0.05, 0.1) is 20.7 Å². The second-order valence-electron chi connectivity index (χ2n) is 4.60. The molecule has 0 aliphatic heterocycles. The summed E-state index contributed by atoms with van der Waals surface area (Å²) in [7, 11) is 4.10. The average molecular weight is 210 g/mol. The van der Waals surface area contributed by atoms with Gasteiger partial charge in [0.25, 0.3) is 0 Å². The average Bonchev–Trinajstić information content (AvgIpc) is 2.17.